The van der Waals surface area contributed by atoms with E-state index in [9.17, 15) is 53.5 Å². The molecule has 1 aliphatic heterocycles. The van der Waals surface area contributed by atoms with Gasteiger partial charge in [0.15, 0.2) is 16.5 Å². The molecular formula is C48H67F7N4O19S. The van der Waals surface area contributed by atoms with E-state index in [1.807, 2.05) is 0 Å². The van der Waals surface area contributed by atoms with Crippen LogP contribution in [0.4, 0.5) is 36.4 Å². The largest absolute Gasteiger partial charge is 0.522 e. The number of benzene rings is 2. The Balaban J connectivity index is 1.04. The van der Waals surface area contributed by atoms with Crippen molar-refractivity contribution in [3.8, 4) is 5.75 Å². The molecule has 0 atom stereocenters. The molecule has 0 spiro atoms. The number of nitrogens with zero attached hydrogens (tertiary/aromatic N) is 2. The first-order valence-electron chi connectivity index (χ1n) is 24.7. The normalized spacial score (nSPS) is 12.7. The third-order valence-corrected chi connectivity index (χ3v) is 10.9. The lowest BCUT2D eigenvalue weighted by molar-refractivity contribution is -0.330. The highest BCUT2D eigenvalue weighted by Gasteiger charge is 2.34. The van der Waals surface area contributed by atoms with E-state index >= 15 is 0 Å². The van der Waals surface area contributed by atoms with Crippen molar-refractivity contribution in [2.75, 3.05) is 152 Å². The lowest BCUT2D eigenvalue weighted by Crippen LogP contribution is -2.35. The topological polar surface area (TPSA) is 279 Å². The number of halogens is 7. The molecular weight excluding hydrogens is 1100 g/mol. The number of aliphatic imine (C=N–C) groups is 1. The van der Waals surface area contributed by atoms with Crippen molar-refractivity contribution < 1.29 is 120 Å². The Labute approximate surface area is 451 Å². The highest BCUT2D eigenvalue weighted by Crippen LogP contribution is 2.33. The molecule has 0 aliphatic carbocycles. The summed E-state index contributed by atoms with van der Waals surface area (Å²) in [6.07, 6.45) is -3.20. The van der Waals surface area contributed by atoms with Crippen molar-refractivity contribution in [2.45, 2.75) is 50.4 Å². The molecule has 2 amide bonds. The number of nitrogens with one attached hydrogen (secondary N) is 1. The number of hydrogen-bond acceptors (Lipinski definition) is 20. The van der Waals surface area contributed by atoms with E-state index in [4.69, 9.17) is 62.5 Å². The highest BCUT2D eigenvalue weighted by atomic mass is 32.2. The first kappa shape index (κ1) is 68.3. The molecule has 0 unspecified atom stereocenters. The van der Waals surface area contributed by atoms with Crippen molar-refractivity contribution in [1.29, 1.82) is 0 Å². The second kappa shape index (κ2) is 38.6. The summed E-state index contributed by atoms with van der Waals surface area (Å²) < 4.78 is 185. The molecule has 0 aromatic heterocycles. The fourth-order valence-corrected chi connectivity index (χ4v) is 6.97. The Kier molecular flexibility index (Phi) is 33.4. The van der Waals surface area contributed by atoms with Crippen LogP contribution in [0.2, 0.25) is 0 Å². The molecule has 0 fully saturated rings. The average molecular weight is 1170 g/mol. The van der Waals surface area contributed by atoms with E-state index < -0.39 is 81.9 Å². The van der Waals surface area contributed by atoms with Crippen LogP contribution in [0.5, 0.6) is 5.75 Å². The third kappa shape index (κ3) is 28.8. The predicted octanol–water partition coefficient (Wildman–Crippen LogP) is 4.14. The standard InChI is InChI=1S/C48H67F7N4O19S/c1-2-7-59(77-29-28-76-48(53,54)55)47(62)36-31-35-4-3-34(30-37(35)58-38(56)32-36)33-57-39(60)5-8-66-10-12-68-14-16-70-18-20-72-22-24-74-26-27-75-25-23-73-21-19-71-17-15-69-13-11-67-9-6-40(61)78-45-41(49)43(51)46(79(63,64)65)44(52)42(45)50/h3-4,30-31H,2,5-29,32-33H2,1H3,(H2,56,58)(H,57,60)(H,63,64,65). The molecule has 31 heteroatoms. The number of hydroxylamine groups is 2. The number of rotatable bonds is 44. The molecule has 23 nitrogen and oxygen atoms in total. The number of nitrogens with two attached hydrogens (primary N) is 1. The van der Waals surface area contributed by atoms with Crippen LogP contribution in [0, 0.1) is 23.3 Å². The summed E-state index contributed by atoms with van der Waals surface area (Å²) in [6, 6.07) is 5.22. The van der Waals surface area contributed by atoms with Crippen LogP contribution in [0.3, 0.4) is 0 Å². The molecule has 0 saturated heterocycles. The first-order chi connectivity index (χ1) is 37.8. The van der Waals surface area contributed by atoms with E-state index in [-0.39, 0.29) is 89.5 Å². The summed E-state index contributed by atoms with van der Waals surface area (Å²) >= 11 is 0. The summed E-state index contributed by atoms with van der Waals surface area (Å²) in [6.45, 7) is 6.18. The van der Waals surface area contributed by atoms with Crippen molar-refractivity contribution in [1.82, 2.24) is 10.4 Å². The Morgan fingerprint density at radius 1 is 0.658 bits per heavy atom. The van der Waals surface area contributed by atoms with E-state index in [1.165, 1.54) is 0 Å². The zero-order chi connectivity index (χ0) is 57.9. The summed E-state index contributed by atoms with van der Waals surface area (Å²) in [5.74, 6) is -13.4. The maximum atomic E-state index is 14.0. The van der Waals surface area contributed by atoms with E-state index in [1.54, 1.807) is 31.2 Å². The van der Waals surface area contributed by atoms with Crippen LogP contribution in [0.1, 0.15) is 43.7 Å². The maximum absolute atomic E-state index is 14.0. The van der Waals surface area contributed by atoms with Crippen LogP contribution in [0.25, 0.3) is 6.08 Å². The quantitative estimate of drug-likeness (QED) is 0.0160. The second-order valence-corrected chi connectivity index (χ2v) is 17.5. The average Bonchev–Trinajstić information content (AvgIpc) is 3.62. The van der Waals surface area contributed by atoms with Gasteiger partial charge in [-0.2, -0.15) is 17.2 Å². The van der Waals surface area contributed by atoms with Gasteiger partial charge in [0.2, 0.25) is 23.3 Å². The zero-order valence-electron chi connectivity index (χ0n) is 43.4. The number of hydrogen-bond donors (Lipinski definition) is 3. The van der Waals surface area contributed by atoms with E-state index in [0.717, 1.165) is 10.6 Å². The van der Waals surface area contributed by atoms with Gasteiger partial charge in [0.1, 0.15) is 5.84 Å². The molecule has 448 valence electrons. The van der Waals surface area contributed by atoms with Gasteiger partial charge >= 0.3 is 22.4 Å². The minimum absolute atomic E-state index is 0.00755. The predicted molar refractivity (Wildman–Crippen MR) is 261 cm³/mol. The number of amidine groups is 1. The Hall–Kier alpha value is -5.00. The molecule has 4 N–H and O–H groups in total. The van der Waals surface area contributed by atoms with Crippen LogP contribution in [0.15, 0.2) is 33.7 Å². The van der Waals surface area contributed by atoms with Crippen molar-refractivity contribution in [3.63, 3.8) is 0 Å². The smallest absolute Gasteiger partial charge is 0.420 e. The minimum Gasteiger partial charge on any atom is -0.420 e. The Morgan fingerprint density at radius 3 is 1.53 bits per heavy atom. The number of fused-ring (bicyclic) bond motifs is 1. The molecule has 1 aliphatic rings. The monoisotopic (exact) mass is 1170 g/mol. The molecule has 79 heavy (non-hydrogen) atoms. The highest BCUT2D eigenvalue weighted by molar-refractivity contribution is 7.85. The van der Waals surface area contributed by atoms with Crippen LogP contribution in [-0.2, 0) is 88.0 Å². The number of ether oxygens (including phenoxy) is 12. The van der Waals surface area contributed by atoms with Gasteiger partial charge in [-0.25, -0.2) is 18.8 Å². The first-order valence-corrected chi connectivity index (χ1v) is 26.2. The van der Waals surface area contributed by atoms with Crippen LogP contribution in [-0.4, -0.2) is 200 Å². The third-order valence-electron chi connectivity index (χ3n) is 10.0. The SMILES string of the molecule is CCCN(OCCOC(F)(F)F)C(=O)C1=Cc2ccc(CNC(=O)CCOCCOCCOCCOCCOCCOCCOCCOCCOCCOCCC(=O)Oc3c(F)c(F)c(S(=O)(=O)O)c(F)c3F)cc2N=C(N)C1. The maximum Gasteiger partial charge on any atom is 0.522 e. The Morgan fingerprint density at radius 2 is 1.10 bits per heavy atom. The molecule has 0 radical (unpaired) electrons. The van der Waals surface area contributed by atoms with Gasteiger partial charge in [-0.3, -0.25) is 28.5 Å². The number of amides is 2. The Bertz CT molecular complexity index is 2310. The van der Waals surface area contributed by atoms with Gasteiger partial charge in [-0.05, 0) is 24.1 Å². The van der Waals surface area contributed by atoms with Crippen LogP contribution >= 0.6 is 0 Å². The minimum atomic E-state index is -5.66. The molecule has 2 aromatic carbocycles. The molecule has 2 aromatic rings. The van der Waals surface area contributed by atoms with Gasteiger partial charge in [0.25, 0.3) is 5.91 Å². The van der Waals surface area contributed by atoms with E-state index in [2.05, 4.69) is 19.8 Å². The van der Waals surface area contributed by atoms with Gasteiger partial charge in [-0.1, -0.05) is 19.1 Å². The van der Waals surface area contributed by atoms with E-state index in [0.29, 0.717) is 104 Å². The number of carbonyl (C=O) groups is 3. The van der Waals surface area contributed by atoms with Crippen molar-refractivity contribution >= 4 is 45.5 Å². The summed E-state index contributed by atoms with van der Waals surface area (Å²) in [4.78, 5) is 44.9. The fourth-order valence-electron chi connectivity index (χ4n) is 6.34. The molecule has 0 saturated carbocycles. The molecule has 3 rings (SSSR count). The molecule has 1 heterocycles. The van der Waals surface area contributed by atoms with Gasteiger partial charge in [0, 0.05) is 37.1 Å². The number of esters is 1. The van der Waals surface area contributed by atoms with Gasteiger partial charge < -0.3 is 63.2 Å². The van der Waals surface area contributed by atoms with Crippen molar-refractivity contribution in [3.05, 3.63) is 58.2 Å². The van der Waals surface area contributed by atoms with Crippen molar-refractivity contribution in [2.24, 2.45) is 10.7 Å². The lowest BCUT2D eigenvalue weighted by atomic mass is 10.0. The summed E-state index contributed by atoms with van der Waals surface area (Å²) in [7, 11) is -5.66. The van der Waals surface area contributed by atoms with Gasteiger partial charge in [-0.15, -0.1) is 13.2 Å². The molecule has 0 bridgehead atoms. The lowest BCUT2D eigenvalue weighted by Gasteiger charge is -2.22. The summed E-state index contributed by atoms with van der Waals surface area (Å²) in [5.41, 5.74) is 8.15. The zero-order valence-corrected chi connectivity index (χ0v) is 44.2. The fraction of sp³-hybridized carbons (Fsp3) is 0.625. The number of carbonyl (C=O) groups excluding carboxylic acids is 3. The van der Waals surface area contributed by atoms with Gasteiger partial charge in [0.05, 0.1) is 157 Å². The number of alkyl halides is 3. The summed E-state index contributed by atoms with van der Waals surface area (Å²) in [5, 5.41) is 3.81. The second-order valence-electron chi connectivity index (χ2n) is 16.1. The van der Waals surface area contributed by atoms with Crippen LogP contribution < -0.4 is 15.8 Å².